The summed E-state index contributed by atoms with van der Waals surface area (Å²) in [5.74, 6) is 0. The predicted octanol–water partition coefficient (Wildman–Crippen LogP) is 3.45. The third-order valence-corrected chi connectivity index (χ3v) is 4.45. The molecule has 1 fully saturated rings. The number of nitro groups is 1. The molecule has 0 unspecified atom stereocenters. The van der Waals surface area contributed by atoms with Crippen molar-refractivity contribution in [2.45, 2.75) is 24.7 Å². The van der Waals surface area contributed by atoms with Crippen molar-refractivity contribution in [3.8, 4) is 6.07 Å². The quantitative estimate of drug-likeness (QED) is 0.439. The van der Waals surface area contributed by atoms with Crippen LogP contribution in [0.2, 0.25) is 0 Å². The Morgan fingerprint density at radius 2 is 1.92 bits per heavy atom. The molecule has 0 bridgehead atoms. The van der Waals surface area contributed by atoms with Crippen LogP contribution >= 0.6 is 0 Å². The Morgan fingerprint density at radius 3 is 2.52 bits per heavy atom. The first-order valence-corrected chi connectivity index (χ1v) is 8.10. The van der Waals surface area contributed by atoms with Gasteiger partial charge in [0.25, 0.3) is 5.69 Å². The highest BCUT2D eigenvalue weighted by atomic mass is 16.6. The van der Waals surface area contributed by atoms with Crippen LogP contribution in [0.3, 0.4) is 0 Å². The van der Waals surface area contributed by atoms with Crippen LogP contribution in [0.4, 0.5) is 5.69 Å². The van der Waals surface area contributed by atoms with Gasteiger partial charge in [-0.05, 0) is 30.3 Å². The number of hydrogen-bond donors (Lipinski definition) is 0. The van der Waals surface area contributed by atoms with Gasteiger partial charge in [-0.25, -0.2) is 0 Å². The van der Waals surface area contributed by atoms with Gasteiger partial charge >= 0.3 is 0 Å². The molecule has 1 heterocycles. The maximum absolute atomic E-state index is 10.7. The van der Waals surface area contributed by atoms with Gasteiger partial charge < -0.3 is 9.64 Å². The SMILES string of the molecule is CN(CC[C@]1(C#N)O[C@H]1c1ccc([N+](=O)[O-])cc1)Cc1ccccc1. The van der Waals surface area contributed by atoms with Gasteiger partial charge in [-0.3, -0.25) is 10.1 Å². The molecule has 2 atom stereocenters. The number of non-ortho nitro benzene ring substituents is 1. The normalized spacial score (nSPS) is 21.7. The first kappa shape index (κ1) is 17.1. The Balaban J connectivity index is 1.58. The maximum atomic E-state index is 10.7. The fourth-order valence-electron chi connectivity index (χ4n) is 2.95. The van der Waals surface area contributed by atoms with Crippen molar-refractivity contribution in [1.29, 1.82) is 5.26 Å². The van der Waals surface area contributed by atoms with Crippen LogP contribution < -0.4 is 0 Å². The monoisotopic (exact) mass is 337 g/mol. The van der Waals surface area contributed by atoms with Crippen LogP contribution in [0, 0.1) is 21.4 Å². The second-order valence-electron chi connectivity index (χ2n) is 6.32. The molecule has 2 aromatic carbocycles. The Kier molecular flexibility index (Phi) is 4.79. The van der Waals surface area contributed by atoms with E-state index in [2.05, 4.69) is 23.1 Å². The van der Waals surface area contributed by atoms with Gasteiger partial charge in [0.05, 0.1) is 4.92 Å². The van der Waals surface area contributed by atoms with E-state index in [0.717, 1.165) is 18.7 Å². The Bertz CT molecular complexity index is 786. The lowest BCUT2D eigenvalue weighted by Gasteiger charge is -2.17. The van der Waals surface area contributed by atoms with E-state index in [1.807, 2.05) is 25.2 Å². The molecule has 0 amide bonds. The fourth-order valence-corrected chi connectivity index (χ4v) is 2.95. The highest BCUT2D eigenvalue weighted by Gasteiger charge is 2.57. The summed E-state index contributed by atoms with van der Waals surface area (Å²) < 4.78 is 5.68. The van der Waals surface area contributed by atoms with Crippen molar-refractivity contribution in [2.24, 2.45) is 0 Å². The second-order valence-corrected chi connectivity index (χ2v) is 6.32. The first-order chi connectivity index (χ1) is 12.0. The van der Waals surface area contributed by atoms with Crippen molar-refractivity contribution in [1.82, 2.24) is 4.90 Å². The molecule has 1 aliphatic heterocycles. The predicted molar refractivity (Wildman–Crippen MR) is 92.7 cm³/mol. The van der Waals surface area contributed by atoms with Gasteiger partial charge in [0, 0.05) is 31.6 Å². The largest absolute Gasteiger partial charge is 0.345 e. The molecule has 25 heavy (non-hydrogen) atoms. The number of hydrogen-bond acceptors (Lipinski definition) is 5. The average Bonchev–Trinajstić information content (AvgIpc) is 3.36. The summed E-state index contributed by atoms with van der Waals surface area (Å²) in [6, 6.07) is 18.6. The van der Waals surface area contributed by atoms with E-state index in [1.165, 1.54) is 17.7 Å². The van der Waals surface area contributed by atoms with Gasteiger partial charge in [0.15, 0.2) is 5.60 Å². The number of nitro benzene ring substituents is 1. The number of benzene rings is 2. The smallest absolute Gasteiger partial charge is 0.269 e. The van der Waals surface area contributed by atoms with E-state index in [9.17, 15) is 15.4 Å². The lowest BCUT2D eigenvalue weighted by molar-refractivity contribution is -0.384. The van der Waals surface area contributed by atoms with Crippen molar-refractivity contribution in [2.75, 3.05) is 13.6 Å². The molecule has 0 aromatic heterocycles. The Hall–Kier alpha value is -2.75. The zero-order chi connectivity index (χ0) is 17.9. The van der Waals surface area contributed by atoms with Crippen molar-refractivity contribution >= 4 is 5.69 Å². The summed E-state index contributed by atoms with van der Waals surface area (Å²) >= 11 is 0. The van der Waals surface area contributed by atoms with Gasteiger partial charge in [-0.1, -0.05) is 30.3 Å². The van der Waals surface area contributed by atoms with E-state index < -0.39 is 10.5 Å². The third-order valence-electron chi connectivity index (χ3n) is 4.45. The summed E-state index contributed by atoms with van der Waals surface area (Å²) in [7, 11) is 2.02. The summed E-state index contributed by atoms with van der Waals surface area (Å²) in [6.45, 7) is 1.54. The van der Waals surface area contributed by atoms with Crippen LogP contribution in [-0.2, 0) is 11.3 Å². The minimum absolute atomic E-state index is 0.0366. The zero-order valence-electron chi connectivity index (χ0n) is 14.0. The van der Waals surface area contributed by atoms with Crippen LogP contribution in [0.1, 0.15) is 23.7 Å². The molecule has 0 saturated carbocycles. The van der Waals surface area contributed by atoms with Gasteiger partial charge in [0.1, 0.15) is 12.2 Å². The van der Waals surface area contributed by atoms with E-state index in [-0.39, 0.29) is 11.8 Å². The van der Waals surface area contributed by atoms with Gasteiger partial charge in [0.2, 0.25) is 0 Å². The van der Waals surface area contributed by atoms with Crippen LogP contribution in [0.25, 0.3) is 0 Å². The lowest BCUT2D eigenvalue weighted by Crippen LogP contribution is -2.24. The molecule has 128 valence electrons. The molecule has 2 aromatic rings. The number of rotatable bonds is 7. The zero-order valence-corrected chi connectivity index (χ0v) is 14.0. The van der Waals surface area contributed by atoms with Gasteiger partial charge in [-0.15, -0.1) is 0 Å². The van der Waals surface area contributed by atoms with E-state index in [4.69, 9.17) is 4.74 Å². The molecule has 0 aliphatic carbocycles. The van der Waals surface area contributed by atoms with Crippen LogP contribution in [-0.4, -0.2) is 29.0 Å². The highest BCUT2D eigenvalue weighted by Crippen LogP contribution is 2.51. The first-order valence-electron chi connectivity index (χ1n) is 8.10. The fraction of sp³-hybridized carbons (Fsp3) is 0.316. The molecule has 0 radical (unpaired) electrons. The van der Waals surface area contributed by atoms with Crippen molar-refractivity contribution in [3.05, 3.63) is 75.8 Å². The Morgan fingerprint density at radius 1 is 1.24 bits per heavy atom. The van der Waals surface area contributed by atoms with Crippen molar-refractivity contribution < 1.29 is 9.66 Å². The molecule has 0 spiro atoms. The van der Waals surface area contributed by atoms with Crippen LogP contribution in [0.15, 0.2) is 54.6 Å². The topological polar surface area (TPSA) is 82.7 Å². The standard InChI is InChI=1S/C19H19N3O3/c1-21(13-15-5-3-2-4-6-15)12-11-19(14-20)18(25-19)16-7-9-17(10-8-16)22(23)24/h2-10,18H,11-13H2,1H3/t18-,19+/m0/s1. The van der Waals surface area contributed by atoms with Gasteiger partial charge in [-0.2, -0.15) is 5.26 Å². The third kappa shape index (κ3) is 3.85. The molecule has 0 N–H and O–H groups in total. The maximum Gasteiger partial charge on any atom is 0.269 e. The van der Waals surface area contributed by atoms with E-state index in [1.54, 1.807) is 12.1 Å². The van der Waals surface area contributed by atoms with Crippen LogP contribution in [0.5, 0.6) is 0 Å². The number of nitrogens with zero attached hydrogens (tertiary/aromatic N) is 3. The molecular weight excluding hydrogens is 318 g/mol. The number of epoxide rings is 1. The van der Waals surface area contributed by atoms with Crippen molar-refractivity contribution in [3.63, 3.8) is 0 Å². The van der Waals surface area contributed by atoms with E-state index in [0.29, 0.717) is 6.42 Å². The molecule has 1 saturated heterocycles. The molecule has 3 rings (SSSR count). The molecular formula is C19H19N3O3. The van der Waals surface area contributed by atoms with E-state index >= 15 is 0 Å². The minimum atomic E-state index is -0.832. The average molecular weight is 337 g/mol. The molecule has 1 aliphatic rings. The summed E-state index contributed by atoms with van der Waals surface area (Å²) in [5.41, 5.74) is 1.23. The molecule has 6 nitrogen and oxygen atoms in total. The number of nitriles is 1. The minimum Gasteiger partial charge on any atom is -0.345 e. The molecule has 6 heteroatoms. The second kappa shape index (κ2) is 7.01. The summed E-state index contributed by atoms with van der Waals surface area (Å²) in [6.07, 6.45) is 0.275. The summed E-state index contributed by atoms with van der Waals surface area (Å²) in [4.78, 5) is 12.4. The highest BCUT2D eigenvalue weighted by molar-refractivity contribution is 5.38. The summed E-state index contributed by atoms with van der Waals surface area (Å²) in [5, 5.41) is 20.3. The Labute approximate surface area is 146 Å². The number of ether oxygens (including phenoxy) is 1. The lowest BCUT2D eigenvalue weighted by atomic mass is 9.97.